The zero-order valence-electron chi connectivity index (χ0n) is 16.2. The van der Waals surface area contributed by atoms with Gasteiger partial charge in [-0.1, -0.05) is 0 Å². The number of nitrogens with zero attached hydrogens (tertiary/aromatic N) is 2. The molecule has 8 heteroatoms. The van der Waals surface area contributed by atoms with Crippen LogP contribution in [0.3, 0.4) is 0 Å². The van der Waals surface area contributed by atoms with E-state index in [1.165, 1.54) is 22.6 Å². The summed E-state index contributed by atoms with van der Waals surface area (Å²) in [5, 5.41) is 8.79. The van der Waals surface area contributed by atoms with Gasteiger partial charge in [-0.2, -0.15) is 0 Å². The van der Waals surface area contributed by atoms with Crippen molar-refractivity contribution >= 4 is 47.0 Å². The van der Waals surface area contributed by atoms with Crippen molar-refractivity contribution < 1.29 is 8.78 Å². The van der Waals surface area contributed by atoms with Crippen molar-refractivity contribution in [1.82, 2.24) is 10.6 Å². The quantitative estimate of drug-likeness (QED) is 0.334. The molecule has 154 valence electrons. The standard InChI is InChI=1S/C20H26F2N4S.HI/c1-3-23-20(25-12-19-14(2)7-9-27-19)24-11-15-6-8-26(13-15)16-4-5-17(21)18(22)10-16;/h4-5,7,9-10,15H,3,6,8,11-13H2,1-2H3,(H2,23,24,25);1H. The summed E-state index contributed by atoms with van der Waals surface area (Å²) in [5.41, 5.74) is 2.02. The van der Waals surface area contributed by atoms with Crippen molar-refractivity contribution in [2.45, 2.75) is 26.8 Å². The second kappa shape index (κ2) is 10.9. The first-order chi connectivity index (χ1) is 13.1. The maximum absolute atomic E-state index is 13.5. The zero-order valence-corrected chi connectivity index (χ0v) is 19.3. The minimum absolute atomic E-state index is 0. The Bertz CT molecular complexity index is 796. The van der Waals surface area contributed by atoms with Crippen molar-refractivity contribution in [3.63, 3.8) is 0 Å². The van der Waals surface area contributed by atoms with Crippen LogP contribution < -0.4 is 15.5 Å². The number of guanidine groups is 1. The van der Waals surface area contributed by atoms with E-state index in [2.05, 4.69) is 38.9 Å². The van der Waals surface area contributed by atoms with Gasteiger partial charge in [-0.15, -0.1) is 35.3 Å². The molecular weight excluding hydrogens is 493 g/mol. The molecule has 1 atom stereocenters. The van der Waals surface area contributed by atoms with Crippen molar-refractivity contribution in [2.24, 2.45) is 10.9 Å². The third-order valence-electron chi connectivity index (χ3n) is 4.81. The van der Waals surface area contributed by atoms with Crippen LogP contribution in [0.5, 0.6) is 0 Å². The Morgan fingerprint density at radius 2 is 2.07 bits per heavy atom. The number of thiophene rings is 1. The summed E-state index contributed by atoms with van der Waals surface area (Å²) in [6.45, 7) is 8.10. The molecule has 0 aliphatic carbocycles. The highest BCUT2D eigenvalue weighted by Gasteiger charge is 2.23. The number of hydrogen-bond acceptors (Lipinski definition) is 3. The fourth-order valence-electron chi connectivity index (χ4n) is 3.22. The Labute approximate surface area is 186 Å². The number of rotatable bonds is 6. The minimum atomic E-state index is -0.802. The molecule has 1 aromatic carbocycles. The molecule has 3 rings (SSSR count). The Balaban J connectivity index is 0.00000280. The molecule has 0 saturated carbocycles. The lowest BCUT2D eigenvalue weighted by atomic mass is 10.1. The zero-order chi connectivity index (χ0) is 19.2. The molecule has 1 fully saturated rings. The SMILES string of the molecule is CCNC(=NCc1sccc1C)NCC1CCN(c2ccc(F)c(F)c2)C1.I. The van der Waals surface area contributed by atoms with Crippen molar-refractivity contribution in [3.8, 4) is 0 Å². The van der Waals surface area contributed by atoms with E-state index in [9.17, 15) is 8.78 Å². The fraction of sp³-hybridized carbons (Fsp3) is 0.450. The van der Waals surface area contributed by atoms with Crippen LogP contribution in [0.15, 0.2) is 34.6 Å². The largest absolute Gasteiger partial charge is 0.371 e. The van der Waals surface area contributed by atoms with Crippen LogP contribution in [0.4, 0.5) is 14.5 Å². The van der Waals surface area contributed by atoms with E-state index in [4.69, 9.17) is 0 Å². The smallest absolute Gasteiger partial charge is 0.191 e. The Kier molecular flexibility index (Phi) is 8.94. The molecule has 1 aliphatic rings. The third-order valence-corrected chi connectivity index (χ3v) is 5.81. The highest BCUT2D eigenvalue weighted by molar-refractivity contribution is 14.0. The van der Waals surface area contributed by atoms with Gasteiger partial charge < -0.3 is 15.5 Å². The molecule has 0 amide bonds. The lowest BCUT2D eigenvalue weighted by molar-refractivity contribution is 0.508. The summed E-state index contributed by atoms with van der Waals surface area (Å²) in [6, 6.07) is 6.23. The monoisotopic (exact) mass is 520 g/mol. The van der Waals surface area contributed by atoms with Crippen LogP contribution in [0.2, 0.25) is 0 Å². The first-order valence-corrected chi connectivity index (χ1v) is 10.2. The molecule has 28 heavy (non-hydrogen) atoms. The van der Waals surface area contributed by atoms with E-state index < -0.39 is 11.6 Å². The number of halogens is 3. The molecule has 4 nitrogen and oxygen atoms in total. The average molecular weight is 520 g/mol. The van der Waals surface area contributed by atoms with Crippen molar-refractivity contribution in [2.75, 3.05) is 31.1 Å². The predicted molar refractivity (Wildman–Crippen MR) is 124 cm³/mol. The highest BCUT2D eigenvalue weighted by Crippen LogP contribution is 2.25. The lowest BCUT2D eigenvalue weighted by Crippen LogP contribution is -2.40. The van der Waals surface area contributed by atoms with Gasteiger partial charge in [0.25, 0.3) is 0 Å². The van der Waals surface area contributed by atoms with Crippen LogP contribution in [-0.4, -0.2) is 32.1 Å². The molecule has 2 N–H and O–H groups in total. The van der Waals surface area contributed by atoms with Gasteiger partial charge in [0, 0.05) is 42.8 Å². The molecule has 2 aromatic rings. The molecule has 2 heterocycles. The second-order valence-electron chi connectivity index (χ2n) is 6.80. The Hall–Kier alpha value is -1.42. The maximum Gasteiger partial charge on any atom is 0.191 e. The minimum Gasteiger partial charge on any atom is -0.371 e. The maximum atomic E-state index is 13.5. The van der Waals surface area contributed by atoms with Gasteiger partial charge in [0.15, 0.2) is 17.6 Å². The Morgan fingerprint density at radius 1 is 1.25 bits per heavy atom. The number of aliphatic imine (C=N–C) groups is 1. The van der Waals surface area contributed by atoms with Gasteiger partial charge >= 0.3 is 0 Å². The van der Waals surface area contributed by atoms with Crippen LogP contribution in [0.1, 0.15) is 23.8 Å². The van der Waals surface area contributed by atoms with E-state index in [1.54, 1.807) is 17.4 Å². The fourth-order valence-corrected chi connectivity index (χ4v) is 4.04. The molecule has 1 aliphatic heterocycles. The predicted octanol–water partition coefficient (Wildman–Crippen LogP) is 4.53. The van der Waals surface area contributed by atoms with Crippen LogP contribution in [-0.2, 0) is 6.54 Å². The Morgan fingerprint density at radius 3 is 2.75 bits per heavy atom. The van der Waals surface area contributed by atoms with Crippen molar-refractivity contribution in [3.05, 3.63) is 51.7 Å². The summed E-state index contributed by atoms with van der Waals surface area (Å²) in [5.74, 6) is -0.342. The van der Waals surface area contributed by atoms with Crippen LogP contribution >= 0.6 is 35.3 Å². The summed E-state index contributed by atoms with van der Waals surface area (Å²) < 4.78 is 26.6. The van der Waals surface area contributed by atoms with Crippen LogP contribution in [0.25, 0.3) is 0 Å². The number of nitrogens with one attached hydrogen (secondary N) is 2. The molecule has 1 unspecified atom stereocenters. The molecule has 1 saturated heterocycles. The van der Waals surface area contributed by atoms with Gasteiger partial charge in [0.05, 0.1) is 6.54 Å². The first kappa shape index (κ1) is 22.9. The normalized spacial score (nSPS) is 16.8. The van der Waals surface area contributed by atoms with E-state index in [0.29, 0.717) is 12.5 Å². The summed E-state index contributed by atoms with van der Waals surface area (Å²) in [4.78, 5) is 8.06. The molecule has 0 radical (unpaired) electrons. The van der Waals surface area contributed by atoms with Gasteiger partial charge in [0.1, 0.15) is 0 Å². The van der Waals surface area contributed by atoms with E-state index in [1.807, 2.05) is 6.92 Å². The number of anilines is 1. The number of aryl methyl sites for hydroxylation is 1. The number of benzene rings is 1. The van der Waals surface area contributed by atoms with Crippen molar-refractivity contribution in [1.29, 1.82) is 0 Å². The van der Waals surface area contributed by atoms with Crippen LogP contribution in [0, 0.1) is 24.5 Å². The van der Waals surface area contributed by atoms with E-state index in [-0.39, 0.29) is 24.0 Å². The average Bonchev–Trinajstić information content (AvgIpc) is 3.29. The molecule has 1 aromatic heterocycles. The van der Waals surface area contributed by atoms with Gasteiger partial charge in [-0.3, -0.25) is 0 Å². The van der Waals surface area contributed by atoms with Gasteiger partial charge in [0.2, 0.25) is 0 Å². The van der Waals surface area contributed by atoms with Gasteiger partial charge in [-0.05, 0) is 55.3 Å². The molecular formula is C20H27F2IN4S. The number of hydrogen-bond donors (Lipinski definition) is 2. The topological polar surface area (TPSA) is 39.7 Å². The third kappa shape index (κ3) is 6.04. The highest BCUT2D eigenvalue weighted by atomic mass is 127. The molecule has 0 spiro atoms. The summed E-state index contributed by atoms with van der Waals surface area (Å²) in [6.07, 6.45) is 1.01. The van der Waals surface area contributed by atoms with E-state index in [0.717, 1.165) is 44.2 Å². The molecule has 0 bridgehead atoms. The van der Waals surface area contributed by atoms with E-state index >= 15 is 0 Å². The van der Waals surface area contributed by atoms with Gasteiger partial charge in [-0.25, -0.2) is 13.8 Å². The summed E-state index contributed by atoms with van der Waals surface area (Å²) in [7, 11) is 0. The lowest BCUT2D eigenvalue weighted by Gasteiger charge is -2.19. The first-order valence-electron chi connectivity index (χ1n) is 9.32. The second-order valence-corrected chi connectivity index (χ2v) is 7.80. The summed E-state index contributed by atoms with van der Waals surface area (Å²) >= 11 is 1.73.